The van der Waals surface area contributed by atoms with Gasteiger partial charge in [0.25, 0.3) is 0 Å². The van der Waals surface area contributed by atoms with Crippen molar-refractivity contribution in [1.82, 2.24) is 5.32 Å². The van der Waals surface area contributed by atoms with Gasteiger partial charge in [0, 0.05) is 6.04 Å². The number of hydrogen-bond donors (Lipinski definition) is 2. The largest absolute Gasteiger partial charge is 0.392 e. The van der Waals surface area contributed by atoms with Crippen LogP contribution >= 0.6 is 0 Å². The van der Waals surface area contributed by atoms with E-state index in [1.165, 1.54) is 6.42 Å². The van der Waals surface area contributed by atoms with Gasteiger partial charge in [0.2, 0.25) is 0 Å². The second-order valence-electron chi connectivity index (χ2n) is 3.43. The Morgan fingerprint density at radius 2 is 2.30 bits per heavy atom. The maximum Gasteiger partial charge on any atom is 0.0665 e. The van der Waals surface area contributed by atoms with E-state index in [0.717, 1.165) is 18.9 Å². The van der Waals surface area contributed by atoms with Gasteiger partial charge < -0.3 is 10.4 Å². The molecule has 0 aromatic carbocycles. The monoisotopic (exact) mass is 143 g/mol. The topological polar surface area (TPSA) is 32.3 Å². The minimum Gasteiger partial charge on any atom is -0.392 e. The fourth-order valence-corrected chi connectivity index (χ4v) is 1.52. The Balaban J connectivity index is 2.32. The van der Waals surface area contributed by atoms with Crippen LogP contribution in [0.5, 0.6) is 0 Å². The van der Waals surface area contributed by atoms with Crippen LogP contribution in [0.4, 0.5) is 0 Å². The normalized spacial score (nSPS) is 37.5. The number of piperidine rings is 1. The van der Waals surface area contributed by atoms with E-state index >= 15 is 0 Å². The molecule has 0 unspecified atom stereocenters. The molecule has 1 aliphatic rings. The standard InChI is InChI=1S/C8H17NO/c1-6-3-4-9-8(5-6)7(2)10/h6-10H,3-5H2,1-2H3/t6-,7+,8+/m0/s1. The Morgan fingerprint density at radius 1 is 1.60 bits per heavy atom. The number of aliphatic hydroxyl groups is 1. The zero-order valence-electron chi connectivity index (χ0n) is 6.80. The molecular formula is C8H17NO. The predicted molar refractivity (Wildman–Crippen MR) is 41.9 cm³/mol. The van der Waals surface area contributed by atoms with Gasteiger partial charge in [-0.1, -0.05) is 6.92 Å². The lowest BCUT2D eigenvalue weighted by Crippen LogP contribution is -2.44. The molecule has 3 atom stereocenters. The summed E-state index contributed by atoms with van der Waals surface area (Å²) in [5.74, 6) is 0.779. The van der Waals surface area contributed by atoms with Crippen LogP contribution in [-0.2, 0) is 0 Å². The van der Waals surface area contributed by atoms with Gasteiger partial charge in [-0.2, -0.15) is 0 Å². The Morgan fingerprint density at radius 3 is 2.70 bits per heavy atom. The van der Waals surface area contributed by atoms with Crippen LogP contribution in [0.3, 0.4) is 0 Å². The van der Waals surface area contributed by atoms with Gasteiger partial charge in [0.15, 0.2) is 0 Å². The van der Waals surface area contributed by atoms with Gasteiger partial charge in [-0.15, -0.1) is 0 Å². The first-order chi connectivity index (χ1) is 4.70. The van der Waals surface area contributed by atoms with Gasteiger partial charge >= 0.3 is 0 Å². The summed E-state index contributed by atoms with van der Waals surface area (Å²) in [6.45, 7) is 5.17. The SMILES string of the molecule is C[C@H]1CCN[C@@H]([C@@H](C)O)C1. The van der Waals surface area contributed by atoms with Crippen LogP contribution in [-0.4, -0.2) is 23.8 Å². The van der Waals surface area contributed by atoms with Crippen LogP contribution in [0, 0.1) is 5.92 Å². The molecule has 60 valence electrons. The third-order valence-corrected chi connectivity index (χ3v) is 2.28. The molecule has 2 nitrogen and oxygen atoms in total. The molecule has 0 aliphatic carbocycles. The van der Waals surface area contributed by atoms with Crippen LogP contribution < -0.4 is 5.32 Å². The van der Waals surface area contributed by atoms with Gasteiger partial charge in [-0.3, -0.25) is 0 Å². The molecule has 0 aromatic rings. The number of aliphatic hydroxyl groups excluding tert-OH is 1. The average Bonchev–Trinajstić information content (AvgIpc) is 1.88. The summed E-state index contributed by atoms with van der Waals surface area (Å²) in [6.07, 6.45) is 2.18. The van der Waals surface area contributed by atoms with E-state index in [0.29, 0.717) is 6.04 Å². The van der Waals surface area contributed by atoms with Gasteiger partial charge in [0.05, 0.1) is 6.10 Å². The van der Waals surface area contributed by atoms with Crippen LogP contribution in [0.15, 0.2) is 0 Å². The summed E-state index contributed by atoms with van der Waals surface area (Å²) in [4.78, 5) is 0. The van der Waals surface area contributed by atoms with E-state index in [2.05, 4.69) is 12.2 Å². The zero-order valence-corrected chi connectivity index (χ0v) is 6.80. The summed E-state index contributed by atoms with van der Waals surface area (Å²) in [5, 5.41) is 12.5. The second kappa shape index (κ2) is 3.35. The highest BCUT2D eigenvalue weighted by Gasteiger charge is 2.21. The first kappa shape index (κ1) is 8.02. The first-order valence-corrected chi connectivity index (χ1v) is 4.11. The Labute approximate surface area is 62.6 Å². The van der Waals surface area contributed by atoms with Crippen molar-refractivity contribution in [3.8, 4) is 0 Å². The lowest BCUT2D eigenvalue weighted by atomic mass is 9.92. The second-order valence-corrected chi connectivity index (χ2v) is 3.43. The molecule has 1 heterocycles. The van der Waals surface area contributed by atoms with Crippen LogP contribution in [0.2, 0.25) is 0 Å². The van der Waals surface area contributed by atoms with Crippen molar-refractivity contribution in [2.24, 2.45) is 5.92 Å². The van der Waals surface area contributed by atoms with Crippen LogP contribution in [0.1, 0.15) is 26.7 Å². The summed E-state index contributed by atoms with van der Waals surface area (Å²) < 4.78 is 0. The van der Waals surface area contributed by atoms with Crippen molar-refractivity contribution in [2.45, 2.75) is 38.8 Å². The molecule has 2 N–H and O–H groups in total. The first-order valence-electron chi connectivity index (χ1n) is 4.11. The van der Waals surface area contributed by atoms with Crippen LogP contribution in [0.25, 0.3) is 0 Å². The fourth-order valence-electron chi connectivity index (χ4n) is 1.52. The van der Waals surface area contributed by atoms with Crippen molar-refractivity contribution >= 4 is 0 Å². The highest BCUT2D eigenvalue weighted by Crippen LogP contribution is 2.16. The molecule has 0 amide bonds. The average molecular weight is 143 g/mol. The third-order valence-electron chi connectivity index (χ3n) is 2.28. The maximum absolute atomic E-state index is 9.23. The molecule has 0 spiro atoms. The van der Waals surface area contributed by atoms with Crippen molar-refractivity contribution in [3.05, 3.63) is 0 Å². The lowest BCUT2D eigenvalue weighted by molar-refractivity contribution is 0.116. The molecule has 1 rings (SSSR count). The Kier molecular flexibility index (Phi) is 2.69. The molecule has 1 saturated heterocycles. The number of rotatable bonds is 1. The Bertz CT molecular complexity index is 103. The predicted octanol–water partition coefficient (Wildman–Crippen LogP) is 0.755. The van der Waals surface area contributed by atoms with Crippen molar-refractivity contribution < 1.29 is 5.11 Å². The van der Waals surface area contributed by atoms with E-state index < -0.39 is 0 Å². The van der Waals surface area contributed by atoms with Gasteiger partial charge in [0.1, 0.15) is 0 Å². The van der Waals surface area contributed by atoms with Crippen molar-refractivity contribution in [1.29, 1.82) is 0 Å². The summed E-state index contributed by atoms with van der Waals surface area (Å²) in [7, 11) is 0. The molecule has 0 radical (unpaired) electrons. The molecule has 2 heteroatoms. The smallest absolute Gasteiger partial charge is 0.0665 e. The fraction of sp³-hybridized carbons (Fsp3) is 1.00. The molecule has 0 saturated carbocycles. The highest BCUT2D eigenvalue weighted by atomic mass is 16.3. The molecule has 10 heavy (non-hydrogen) atoms. The number of nitrogens with one attached hydrogen (secondary N) is 1. The quantitative estimate of drug-likeness (QED) is 0.568. The minimum atomic E-state index is -0.192. The molecule has 1 fully saturated rings. The van der Waals surface area contributed by atoms with E-state index in [1.54, 1.807) is 0 Å². The van der Waals surface area contributed by atoms with E-state index in [9.17, 15) is 5.11 Å². The van der Waals surface area contributed by atoms with Crippen molar-refractivity contribution in [3.63, 3.8) is 0 Å². The molecule has 0 bridgehead atoms. The zero-order chi connectivity index (χ0) is 7.56. The molecule has 1 aliphatic heterocycles. The highest BCUT2D eigenvalue weighted by molar-refractivity contribution is 4.79. The number of hydrogen-bond acceptors (Lipinski definition) is 2. The van der Waals surface area contributed by atoms with E-state index in [1.807, 2.05) is 6.92 Å². The maximum atomic E-state index is 9.23. The summed E-state index contributed by atoms with van der Waals surface area (Å²) >= 11 is 0. The van der Waals surface area contributed by atoms with Gasteiger partial charge in [-0.05, 0) is 32.2 Å². The van der Waals surface area contributed by atoms with E-state index in [-0.39, 0.29) is 6.10 Å². The molecule has 0 aromatic heterocycles. The summed E-state index contributed by atoms with van der Waals surface area (Å²) in [5.41, 5.74) is 0. The lowest BCUT2D eigenvalue weighted by Gasteiger charge is -2.29. The Hall–Kier alpha value is -0.0800. The molecular weight excluding hydrogens is 126 g/mol. The third kappa shape index (κ3) is 1.96. The van der Waals surface area contributed by atoms with Crippen molar-refractivity contribution in [2.75, 3.05) is 6.54 Å². The van der Waals surface area contributed by atoms with E-state index in [4.69, 9.17) is 0 Å². The van der Waals surface area contributed by atoms with Gasteiger partial charge in [-0.25, -0.2) is 0 Å². The minimum absolute atomic E-state index is 0.192. The summed E-state index contributed by atoms with van der Waals surface area (Å²) in [6, 6.07) is 0.337.